The molecule has 5 nitrogen and oxygen atoms in total. The summed E-state index contributed by atoms with van der Waals surface area (Å²) in [4.78, 5) is 10.8. The number of carboxylic acid groups (broad SMARTS) is 1. The maximum Gasteiger partial charge on any atom is 0.335 e. The topological polar surface area (TPSA) is 75.3 Å². The van der Waals surface area contributed by atoms with E-state index in [9.17, 15) is 9.90 Å². The van der Waals surface area contributed by atoms with E-state index in [1.807, 2.05) is 30.3 Å². The lowest BCUT2D eigenvalue weighted by Crippen LogP contribution is -1.99. The van der Waals surface area contributed by atoms with Gasteiger partial charge in [0.15, 0.2) is 0 Å². The summed E-state index contributed by atoms with van der Waals surface area (Å²) >= 11 is 0. The predicted octanol–water partition coefficient (Wildman–Crippen LogP) is 2.94. The number of aromatic carboxylic acids is 1. The monoisotopic (exact) mass is 280 g/mol. The van der Waals surface area contributed by atoms with E-state index in [2.05, 4.69) is 5.10 Å². The fourth-order valence-corrected chi connectivity index (χ4v) is 2.06. The standard InChI is InChI=1S/C16H12N2O3/c19-15-10-14(11-4-2-1-3-5-11)17-18(15)13-8-6-12(7-9-13)16(20)21/h1-10,19H,(H,20,21). The van der Waals surface area contributed by atoms with Gasteiger partial charge in [-0.1, -0.05) is 30.3 Å². The summed E-state index contributed by atoms with van der Waals surface area (Å²) in [5.74, 6) is -0.992. The van der Waals surface area contributed by atoms with E-state index in [4.69, 9.17) is 5.11 Å². The molecule has 0 atom stereocenters. The van der Waals surface area contributed by atoms with Crippen LogP contribution in [0.15, 0.2) is 60.7 Å². The Hall–Kier alpha value is -3.08. The molecule has 0 spiro atoms. The summed E-state index contributed by atoms with van der Waals surface area (Å²) in [7, 11) is 0. The van der Waals surface area contributed by atoms with Crippen molar-refractivity contribution in [3.05, 3.63) is 66.2 Å². The van der Waals surface area contributed by atoms with Crippen LogP contribution in [0.5, 0.6) is 5.88 Å². The van der Waals surface area contributed by atoms with Crippen LogP contribution in [0, 0.1) is 0 Å². The maximum atomic E-state index is 10.8. The summed E-state index contributed by atoms with van der Waals surface area (Å²) in [6, 6.07) is 17.2. The van der Waals surface area contributed by atoms with Crippen molar-refractivity contribution in [3.8, 4) is 22.8 Å². The zero-order chi connectivity index (χ0) is 14.8. The minimum Gasteiger partial charge on any atom is -0.493 e. The molecule has 0 bridgehead atoms. The molecule has 0 amide bonds. The van der Waals surface area contributed by atoms with E-state index < -0.39 is 5.97 Å². The van der Waals surface area contributed by atoms with Gasteiger partial charge in [0.05, 0.1) is 16.9 Å². The molecule has 5 heteroatoms. The summed E-state index contributed by atoms with van der Waals surface area (Å²) in [5.41, 5.74) is 2.33. The van der Waals surface area contributed by atoms with Gasteiger partial charge in [-0.25, -0.2) is 9.48 Å². The Morgan fingerprint density at radius 3 is 2.29 bits per heavy atom. The molecule has 3 rings (SSSR count). The van der Waals surface area contributed by atoms with Crippen molar-refractivity contribution in [3.63, 3.8) is 0 Å². The minimum absolute atomic E-state index is 0.00284. The van der Waals surface area contributed by atoms with E-state index in [0.717, 1.165) is 5.56 Å². The van der Waals surface area contributed by atoms with Crippen molar-refractivity contribution >= 4 is 5.97 Å². The number of hydrogen-bond acceptors (Lipinski definition) is 3. The van der Waals surface area contributed by atoms with Gasteiger partial charge in [-0.05, 0) is 24.3 Å². The first-order chi connectivity index (χ1) is 10.1. The zero-order valence-electron chi connectivity index (χ0n) is 11.0. The predicted molar refractivity (Wildman–Crippen MR) is 77.6 cm³/mol. The SMILES string of the molecule is O=C(O)c1ccc(-n2nc(-c3ccccc3)cc2O)cc1. The molecule has 1 aromatic heterocycles. The Kier molecular flexibility index (Phi) is 3.16. The van der Waals surface area contributed by atoms with Crippen LogP contribution in [0.1, 0.15) is 10.4 Å². The molecule has 2 N–H and O–H groups in total. The van der Waals surface area contributed by atoms with Crippen molar-refractivity contribution in [2.24, 2.45) is 0 Å². The van der Waals surface area contributed by atoms with Gasteiger partial charge in [0, 0.05) is 11.6 Å². The molecule has 0 aliphatic carbocycles. The van der Waals surface area contributed by atoms with Crippen molar-refractivity contribution in [2.45, 2.75) is 0 Å². The van der Waals surface area contributed by atoms with E-state index in [1.165, 1.54) is 16.8 Å². The second-order valence-electron chi connectivity index (χ2n) is 4.52. The molecule has 0 saturated heterocycles. The van der Waals surface area contributed by atoms with Crippen LogP contribution < -0.4 is 0 Å². The number of aromatic hydroxyl groups is 1. The van der Waals surface area contributed by atoms with Crippen LogP contribution in [0.25, 0.3) is 16.9 Å². The van der Waals surface area contributed by atoms with Crippen molar-refractivity contribution in [1.29, 1.82) is 0 Å². The third kappa shape index (κ3) is 2.49. The Morgan fingerprint density at radius 1 is 1.00 bits per heavy atom. The second kappa shape index (κ2) is 5.13. The number of hydrogen-bond donors (Lipinski definition) is 2. The van der Waals surface area contributed by atoms with Crippen LogP contribution in [-0.2, 0) is 0 Å². The molecule has 21 heavy (non-hydrogen) atoms. The van der Waals surface area contributed by atoms with Gasteiger partial charge >= 0.3 is 5.97 Å². The summed E-state index contributed by atoms with van der Waals surface area (Å²) in [6.45, 7) is 0. The highest BCUT2D eigenvalue weighted by Gasteiger charge is 2.10. The molecule has 1 heterocycles. The van der Waals surface area contributed by atoms with E-state index in [-0.39, 0.29) is 11.4 Å². The lowest BCUT2D eigenvalue weighted by molar-refractivity contribution is 0.0697. The average molecular weight is 280 g/mol. The normalized spacial score (nSPS) is 10.5. The van der Waals surface area contributed by atoms with E-state index in [0.29, 0.717) is 11.4 Å². The fourth-order valence-electron chi connectivity index (χ4n) is 2.06. The van der Waals surface area contributed by atoms with Gasteiger partial charge in [0.2, 0.25) is 5.88 Å². The van der Waals surface area contributed by atoms with Crippen molar-refractivity contribution in [1.82, 2.24) is 9.78 Å². The molecule has 104 valence electrons. The largest absolute Gasteiger partial charge is 0.493 e. The smallest absolute Gasteiger partial charge is 0.335 e. The number of rotatable bonds is 3. The first-order valence-corrected chi connectivity index (χ1v) is 6.33. The molecule has 0 aliphatic rings. The van der Waals surface area contributed by atoms with Gasteiger partial charge < -0.3 is 10.2 Å². The highest BCUT2D eigenvalue weighted by molar-refractivity contribution is 5.87. The summed E-state index contributed by atoms with van der Waals surface area (Å²) in [6.07, 6.45) is 0. The molecule has 3 aromatic rings. The number of aromatic nitrogens is 2. The first kappa shape index (κ1) is 12.9. The lowest BCUT2D eigenvalue weighted by atomic mass is 10.2. The van der Waals surface area contributed by atoms with Crippen LogP contribution >= 0.6 is 0 Å². The highest BCUT2D eigenvalue weighted by atomic mass is 16.4. The van der Waals surface area contributed by atoms with Crippen LogP contribution in [-0.4, -0.2) is 26.0 Å². The number of nitrogens with zero attached hydrogens (tertiary/aromatic N) is 2. The number of carboxylic acids is 1. The third-order valence-electron chi connectivity index (χ3n) is 3.12. The Labute approximate surface area is 120 Å². The van der Waals surface area contributed by atoms with Gasteiger partial charge in [-0.15, -0.1) is 0 Å². The zero-order valence-corrected chi connectivity index (χ0v) is 11.0. The molecule has 0 aliphatic heterocycles. The third-order valence-corrected chi connectivity index (χ3v) is 3.12. The fraction of sp³-hybridized carbons (Fsp3) is 0. The molecule has 0 radical (unpaired) electrons. The first-order valence-electron chi connectivity index (χ1n) is 6.33. The molecular weight excluding hydrogens is 268 g/mol. The highest BCUT2D eigenvalue weighted by Crippen LogP contribution is 2.25. The lowest BCUT2D eigenvalue weighted by Gasteiger charge is -2.03. The molecule has 0 saturated carbocycles. The van der Waals surface area contributed by atoms with E-state index >= 15 is 0 Å². The molecular formula is C16H12N2O3. The van der Waals surface area contributed by atoms with Crippen LogP contribution in [0.3, 0.4) is 0 Å². The molecule has 2 aromatic carbocycles. The summed E-state index contributed by atoms with van der Waals surface area (Å²) < 4.78 is 1.37. The number of carbonyl (C=O) groups is 1. The Bertz CT molecular complexity index is 777. The molecule has 0 fully saturated rings. The molecule has 0 unspecified atom stereocenters. The van der Waals surface area contributed by atoms with Gasteiger partial charge in [-0.2, -0.15) is 5.10 Å². The van der Waals surface area contributed by atoms with Crippen LogP contribution in [0.2, 0.25) is 0 Å². The van der Waals surface area contributed by atoms with Gasteiger partial charge in [0.1, 0.15) is 0 Å². The van der Waals surface area contributed by atoms with E-state index in [1.54, 1.807) is 18.2 Å². The Balaban J connectivity index is 2.00. The van der Waals surface area contributed by atoms with Crippen molar-refractivity contribution in [2.75, 3.05) is 0 Å². The summed E-state index contributed by atoms with van der Waals surface area (Å²) in [5, 5.41) is 23.2. The van der Waals surface area contributed by atoms with Crippen molar-refractivity contribution < 1.29 is 15.0 Å². The maximum absolute atomic E-state index is 10.8. The van der Waals surface area contributed by atoms with Crippen LogP contribution in [0.4, 0.5) is 0 Å². The number of benzene rings is 2. The van der Waals surface area contributed by atoms with Gasteiger partial charge in [0.25, 0.3) is 0 Å². The Morgan fingerprint density at radius 2 is 1.67 bits per heavy atom. The quantitative estimate of drug-likeness (QED) is 0.773. The van der Waals surface area contributed by atoms with Gasteiger partial charge in [-0.3, -0.25) is 0 Å². The second-order valence-corrected chi connectivity index (χ2v) is 4.52. The minimum atomic E-state index is -0.990. The average Bonchev–Trinajstić information content (AvgIpc) is 2.90.